The van der Waals surface area contributed by atoms with E-state index < -0.39 is 0 Å². The largest absolute Gasteiger partial charge is 0.419 e. The van der Waals surface area contributed by atoms with Crippen molar-refractivity contribution in [2.75, 3.05) is 7.05 Å². The quantitative estimate of drug-likeness (QED) is 0.767. The summed E-state index contributed by atoms with van der Waals surface area (Å²) in [5.41, 5.74) is 4.09. The Kier molecular flexibility index (Phi) is 3.23. The van der Waals surface area contributed by atoms with Gasteiger partial charge >= 0.3 is 5.76 Å². The van der Waals surface area contributed by atoms with Crippen LogP contribution < -0.4 is 11.1 Å². The molecule has 0 saturated heterocycles. The number of imidazole rings is 1. The molecule has 2 aromatic heterocycles. The number of aromatic amines is 1. The van der Waals surface area contributed by atoms with E-state index in [-0.39, 0.29) is 5.76 Å². The molecule has 0 bridgehead atoms. The van der Waals surface area contributed by atoms with Gasteiger partial charge < -0.3 is 14.7 Å². The number of nitrogens with zero attached hydrogens (tertiary/aromatic N) is 2. The van der Waals surface area contributed by atoms with E-state index in [0.717, 1.165) is 22.5 Å². The number of rotatable bonds is 3. The van der Waals surface area contributed by atoms with Gasteiger partial charge in [-0.15, -0.1) is 0 Å². The molecule has 0 radical (unpaired) electrons. The molecule has 20 heavy (non-hydrogen) atoms. The number of H-pyrrole nitrogens is 1. The normalized spacial score (nSPS) is 11.3. The Hall–Kier alpha value is -1.86. The van der Waals surface area contributed by atoms with Crippen LogP contribution in [-0.2, 0) is 13.6 Å². The lowest BCUT2D eigenvalue weighted by molar-refractivity contribution is 0.528. The summed E-state index contributed by atoms with van der Waals surface area (Å²) in [5, 5.41) is 3.09. The fourth-order valence-corrected chi connectivity index (χ4v) is 2.61. The van der Waals surface area contributed by atoms with Crippen molar-refractivity contribution in [1.82, 2.24) is 19.9 Å². The van der Waals surface area contributed by atoms with Crippen molar-refractivity contribution >= 4 is 27.0 Å². The zero-order valence-corrected chi connectivity index (χ0v) is 12.6. The number of hydrogen-bond acceptors (Lipinski definition) is 4. The van der Waals surface area contributed by atoms with Gasteiger partial charge in [0.25, 0.3) is 0 Å². The van der Waals surface area contributed by atoms with E-state index in [0.29, 0.717) is 16.9 Å². The maximum Gasteiger partial charge on any atom is 0.419 e. The van der Waals surface area contributed by atoms with E-state index in [9.17, 15) is 4.79 Å². The van der Waals surface area contributed by atoms with Crippen LogP contribution in [0.1, 0.15) is 5.69 Å². The number of nitrogens with one attached hydrogen (secondary N) is 2. The first-order valence-corrected chi connectivity index (χ1v) is 6.88. The zero-order chi connectivity index (χ0) is 14.3. The fraction of sp³-hybridized carbons (Fsp3) is 0.231. The lowest BCUT2D eigenvalue weighted by Gasteiger charge is -2.02. The SMILES string of the molecule is CNCc1[nH]c(Br)nc1-c1ccc2oc(=O)n(C)c2c1. The Bertz CT molecular complexity index is 831. The number of halogens is 1. The second-order valence-electron chi connectivity index (χ2n) is 4.49. The number of fused-ring (bicyclic) bond motifs is 1. The predicted molar refractivity (Wildman–Crippen MR) is 79.5 cm³/mol. The molecule has 3 aromatic rings. The number of aryl methyl sites for hydroxylation is 1. The van der Waals surface area contributed by atoms with Crippen molar-refractivity contribution in [2.24, 2.45) is 7.05 Å². The van der Waals surface area contributed by atoms with Crippen molar-refractivity contribution in [2.45, 2.75) is 6.54 Å². The molecule has 0 unspecified atom stereocenters. The van der Waals surface area contributed by atoms with Gasteiger partial charge in [0, 0.05) is 19.2 Å². The number of aromatic nitrogens is 3. The number of benzene rings is 1. The third kappa shape index (κ3) is 2.08. The Morgan fingerprint density at radius 3 is 3.05 bits per heavy atom. The van der Waals surface area contributed by atoms with E-state index in [1.807, 2.05) is 19.2 Å². The van der Waals surface area contributed by atoms with Gasteiger partial charge in [0.2, 0.25) is 0 Å². The molecule has 0 aliphatic rings. The van der Waals surface area contributed by atoms with Crippen LogP contribution in [0.25, 0.3) is 22.4 Å². The number of hydrogen-bond donors (Lipinski definition) is 2. The summed E-state index contributed by atoms with van der Waals surface area (Å²) >= 11 is 3.35. The molecule has 0 spiro atoms. The van der Waals surface area contributed by atoms with Crippen molar-refractivity contribution < 1.29 is 4.42 Å². The Morgan fingerprint density at radius 1 is 1.50 bits per heavy atom. The maximum absolute atomic E-state index is 11.5. The number of oxazole rings is 1. The molecule has 0 atom stereocenters. The Morgan fingerprint density at radius 2 is 2.30 bits per heavy atom. The minimum Gasteiger partial charge on any atom is -0.408 e. The van der Waals surface area contributed by atoms with E-state index in [1.165, 1.54) is 4.57 Å². The molecule has 2 N–H and O–H groups in total. The molecule has 7 heteroatoms. The highest BCUT2D eigenvalue weighted by Gasteiger charge is 2.13. The van der Waals surface area contributed by atoms with E-state index >= 15 is 0 Å². The van der Waals surface area contributed by atoms with Crippen LogP contribution in [0.2, 0.25) is 0 Å². The summed E-state index contributed by atoms with van der Waals surface area (Å²) in [6, 6.07) is 5.59. The minimum absolute atomic E-state index is 0.365. The third-order valence-corrected chi connectivity index (χ3v) is 3.54. The van der Waals surface area contributed by atoms with Gasteiger partial charge in [-0.2, -0.15) is 0 Å². The lowest BCUT2D eigenvalue weighted by Crippen LogP contribution is -2.08. The van der Waals surface area contributed by atoms with Crippen LogP contribution in [0, 0.1) is 0 Å². The molecular formula is C13H13BrN4O2. The van der Waals surface area contributed by atoms with Crippen molar-refractivity contribution in [3.05, 3.63) is 39.2 Å². The van der Waals surface area contributed by atoms with Gasteiger partial charge in [0.1, 0.15) is 0 Å². The van der Waals surface area contributed by atoms with Gasteiger partial charge in [-0.3, -0.25) is 4.57 Å². The first-order valence-electron chi connectivity index (χ1n) is 6.09. The van der Waals surface area contributed by atoms with Crippen molar-refractivity contribution in [1.29, 1.82) is 0 Å². The average molecular weight is 337 g/mol. The highest BCUT2D eigenvalue weighted by Crippen LogP contribution is 2.26. The molecule has 1 aromatic carbocycles. The third-order valence-electron chi connectivity index (χ3n) is 3.17. The van der Waals surface area contributed by atoms with Gasteiger partial charge in [-0.05, 0) is 41.2 Å². The fourth-order valence-electron chi connectivity index (χ4n) is 2.19. The van der Waals surface area contributed by atoms with Gasteiger partial charge in [-0.25, -0.2) is 9.78 Å². The van der Waals surface area contributed by atoms with Crippen LogP contribution in [-0.4, -0.2) is 21.6 Å². The van der Waals surface area contributed by atoms with Crippen LogP contribution in [0.4, 0.5) is 0 Å². The van der Waals surface area contributed by atoms with E-state index in [2.05, 4.69) is 31.2 Å². The molecule has 0 amide bonds. The average Bonchev–Trinajstić information content (AvgIpc) is 2.92. The predicted octanol–water partition coefficient (Wildman–Crippen LogP) is 2.00. The first-order chi connectivity index (χ1) is 9.60. The summed E-state index contributed by atoms with van der Waals surface area (Å²) < 4.78 is 7.29. The molecule has 0 saturated carbocycles. The molecule has 6 nitrogen and oxygen atoms in total. The van der Waals surface area contributed by atoms with Crippen LogP contribution >= 0.6 is 15.9 Å². The summed E-state index contributed by atoms with van der Waals surface area (Å²) in [6.45, 7) is 0.677. The van der Waals surface area contributed by atoms with Crippen LogP contribution in [0.3, 0.4) is 0 Å². The molecule has 0 aliphatic heterocycles. The summed E-state index contributed by atoms with van der Waals surface area (Å²) in [6.07, 6.45) is 0. The topological polar surface area (TPSA) is 75.8 Å². The lowest BCUT2D eigenvalue weighted by atomic mass is 10.1. The van der Waals surface area contributed by atoms with Gasteiger partial charge in [0.05, 0.1) is 16.9 Å². The highest BCUT2D eigenvalue weighted by atomic mass is 79.9. The Labute approximate surface area is 122 Å². The van der Waals surface area contributed by atoms with Crippen molar-refractivity contribution in [3.63, 3.8) is 0 Å². The van der Waals surface area contributed by atoms with Crippen molar-refractivity contribution in [3.8, 4) is 11.3 Å². The first kappa shape index (κ1) is 13.1. The van der Waals surface area contributed by atoms with Crippen LogP contribution in [0.15, 0.2) is 32.1 Å². The summed E-state index contributed by atoms with van der Waals surface area (Å²) in [7, 11) is 3.56. The van der Waals surface area contributed by atoms with E-state index in [1.54, 1.807) is 13.1 Å². The highest BCUT2D eigenvalue weighted by molar-refractivity contribution is 9.10. The molecule has 0 fully saturated rings. The zero-order valence-electron chi connectivity index (χ0n) is 11.0. The molecule has 0 aliphatic carbocycles. The van der Waals surface area contributed by atoms with Crippen LogP contribution in [0.5, 0.6) is 0 Å². The summed E-state index contributed by atoms with van der Waals surface area (Å²) in [5.74, 6) is -0.365. The second kappa shape index (κ2) is 4.92. The monoisotopic (exact) mass is 336 g/mol. The molecule has 3 rings (SSSR count). The standard InChI is InChI=1S/C13H13BrN4O2/c1-15-6-8-11(17-12(14)16-8)7-3-4-10-9(5-7)18(2)13(19)20-10/h3-5,15H,6H2,1-2H3,(H,16,17). The van der Waals surface area contributed by atoms with Gasteiger partial charge in [-0.1, -0.05) is 0 Å². The molecular weight excluding hydrogens is 324 g/mol. The summed E-state index contributed by atoms with van der Waals surface area (Å²) in [4.78, 5) is 19.1. The smallest absolute Gasteiger partial charge is 0.408 e. The van der Waals surface area contributed by atoms with E-state index in [4.69, 9.17) is 4.42 Å². The maximum atomic E-state index is 11.5. The van der Waals surface area contributed by atoms with Gasteiger partial charge in [0.15, 0.2) is 10.3 Å². The minimum atomic E-state index is -0.365. The molecule has 2 heterocycles. The molecule has 104 valence electrons. The Balaban J connectivity index is 2.19. The second-order valence-corrected chi connectivity index (χ2v) is 5.25.